The van der Waals surface area contributed by atoms with Gasteiger partial charge in [-0.15, -0.1) is 6.58 Å². The number of imidazole rings is 1. The molecule has 1 aromatic heterocycles. The van der Waals surface area contributed by atoms with Gasteiger partial charge < -0.3 is 9.47 Å². The quantitative estimate of drug-likeness (QED) is 0.629. The number of thioether (sulfide) groups is 1. The first-order valence-corrected chi connectivity index (χ1v) is 8.25. The molecule has 0 radical (unpaired) electrons. The molecule has 0 saturated carbocycles. The Kier molecular flexibility index (Phi) is 4.29. The number of carbonyl (C=O) groups is 1. The first-order chi connectivity index (χ1) is 10.3. The van der Waals surface area contributed by atoms with Crippen molar-refractivity contribution in [3.05, 3.63) is 36.9 Å². The summed E-state index contributed by atoms with van der Waals surface area (Å²) in [6, 6.07) is 8.05. The molecule has 2 heterocycles. The Balaban J connectivity index is 1.77. The number of benzene rings is 1. The van der Waals surface area contributed by atoms with Gasteiger partial charge in [-0.2, -0.15) is 0 Å². The number of amides is 1. The lowest BCUT2D eigenvalue weighted by Crippen LogP contribution is -2.29. The van der Waals surface area contributed by atoms with Crippen molar-refractivity contribution >= 4 is 28.7 Å². The van der Waals surface area contributed by atoms with Crippen LogP contribution in [0.2, 0.25) is 0 Å². The molecule has 1 amide bonds. The Morgan fingerprint density at radius 2 is 2.10 bits per heavy atom. The van der Waals surface area contributed by atoms with Crippen LogP contribution >= 0.6 is 11.8 Å². The van der Waals surface area contributed by atoms with Gasteiger partial charge in [0.25, 0.3) is 0 Å². The second-order valence-electron chi connectivity index (χ2n) is 5.16. The van der Waals surface area contributed by atoms with Crippen LogP contribution in [0.1, 0.15) is 12.8 Å². The van der Waals surface area contributed by atoms with Gasteiger partial charge in [-0.3, -0.25) is 4.79 Å². The van der Waals surface area contributed by atoms with Crippen molar-refractivity contribution in [1.29, 1.82) is 0 Å². The standard InChI is InChI=1S/C16H19N3OS/c1-2-9-19-14-8-4-3-7-13(14)17-16(19)21-12-15(20)18-10-5-6-11-18/h2-4,7-8H,1,5-6,9-12H2. The highest BCUT2D eigenvalue weighted by Crippen LogP contribution is 2.24. The molecule has 1 saturated heterocycles. The van der Waals surface area contributed by atoms with Gasteiger partial charge in [-0.1, -0.05) is 30.0 Å². The Morgan fingerprint density at radius 3 is 2.86 bits per heavy atom. The van der Waals surface area contributed by atoms with Gasteiger partial charge in [-0.25, -0.2) is 4.98 Å². The highest BCUT2D eigenvalue weighted by molar-refractivity contribution is 7.99. The molecule has 110 valence electrons. The molecule has 0 spiro atoms. The van der Waals surface area contributed by atoms with Gasteiger partial charge in [0.05, 0.1) is 16.8 Å². The topological polar surface area (TPSA) is 38.1 Å². The third-order valence-electron chi connectivity index (χ3n) is 3.71. The normalized spacial score (nSPS) is 14.8. The predicted octanol–water partition coefficient (Wildman–Crippen LogP) is 2.94. The van der Waals surface area contributed by atoms with E-state index in [0.29, 0.717) is 12.3 Å². The van der Waals surface area contributed by atoms with E-state index in [-0.39, 0.29) is 5.91 Å². The van der Waals surface area contributed by atoms with Crippen LogP contribution in [-0.4, -0.2) is 39.2 Å². The van der Waals surface area contributed by atoms with E-state index in [4.69, 9.17) is 0 Å². The third-order valence-corrected chi connectivity index (χ3v) is 4.68. The Bertz CT molecular complexity index is 659. The summed E-state index contributed by atoms with van der Waals surface area (Å²) in [5, 5.41) is 0.892. The predicted molar refractivity (Wildman–Crippen MR) is 86.5 cm³/mol. The van der Waals surface area contributed by atoms with Crippen LogP contribution in [0.5, 0.6) is 0 Å². The van der Waals surface area contributed by atoms with E-state index in [1.165, 1.54) is 11.8 Å². The van der Waals surface area contributed by atoms with E-state index in [1.54, 1.807) is 0 Å². The average molecular weight is 301 g/mol. The summed E-state index contributed by atoms with van der Waals surface area (Å²) in [6.07, 6.45) is 4.12. The number of hydrogen-bond acceptors (Lipinski definition) is 3. The summed E-state index contributed by atoms with van der Waals surface area (Å²) in [4.78, 5) is 18.7. The van der Waals surface area contributed by atoms with Crippen LogP contribution in [0.3, 0.4) is 0 Å². The second kappa shape index (κ2) is 6.35. The smallest absolute Gasteiger partial charge is 0.233 e. The lowest BCUT2D eigenvalue weighted by Gasteiger charge is -2.14. The van der Waals surface area contributed by atoms with Gasteiger partial charge in [0.2, 0.25) is 5.91 Å². The molecule has 1 fully saturated rings. The Morgan fingerprint density at radius 1 is 1.33 bits per heavy atom. The number of carbonyl (C=O) groups excluding carboxylic acids is 1. The zero-order valence-corrected chi connectivity index (χ0v) is 12.8. The maximum atomic E-state index is 12.2. The summed E-state index contributed by atoms with van der Waals surface area (Å²) < 4.78 is 2.12. The average Bonchev–Trinajstić information content (AvgIpc) is 3.14. The van der Waals surface area contributed by atoms with Gasteiger partial charge in [-0.05, 0) is 25.0 Å². The zero-order valence-electron chi connectivity index (χ0n) is 12.0. The molecule has 1 aliphatic heterocycles. The molecule has 3 rings (SSSR count). The van der Waals surface area contributed by atoms with E-state index >= 15 is 0 Å². The summed E-state index contributed by atoms with van der Waals surface area (Å²) in [7, 11) is 0. The van der Waals surface area contributed by atoms with Crippen molar-refractivity contribution in [2.24, 2.45) is 0 Å². The Labute approximate surface area is 128 Å². The van der Waals surface area contributed by atoms with Gasteiger partial charge in [0.1, 0.15) is 0 Å². The second-order valence-corrected chi connectivity index (χ2v) is 6.10. The summed E-state index contributed by atoms with van der Waals surface area (Å²) >= 11 is 1.52. The number of nitrogens with zero attached hydrogens (tertiary/aromatic N) is 3. The van der Waals surface area contributed by atoms with Crippen LogP contribution in [0, 0.1) is 0 Å². The molecule has 5 heteroatoms. The maximum absolute atomic E-state index is 12.2. The number of para-hydroxylation sites is 2. The van der Waals surface area contributed by atoms with E-state index in [9.17, 15) is 4.79 Å². The summed E-state index contributed by atoms with van der Waals surface area (Å²) in [5.74, 6) is 0.676. The monoisotopic (exact) mass is 301 g/mol. The maximum Gasteiger partial charge on any atom is 0.233 e. The van der Waals surface area contributed by atoms with Crippen LogP contribution in [0.15, 0.2) is 42.1 Å². The summed E-state index contributed by atoms with van der Waals surface area (Å²) in [5.41, 5.74) is 2.06. The molecule has 2 aromatic rings. The van der Waals surface area contributed by atoms with Gasteiger partial charge in [0, 0.05) is 19.6 Å². The fourth-order valence-corrected chi connectivity index (χ4v) is 3.58. The molecule has 0 N–H and O–H groups in total. The molecule has 0 aliphatic carbocycles. The number of fused-ring (bicyclic) bond motifs is 1. The zero-order chi connectivity index (χ0) is 14.7. The SMILES string of the molecule is C=CCn1c(SCC(=O)N2CCCC2)nc2ccccc21. The van der Waals surface area contributed by atoms with E-state index in [0.717, 1.165) is 42.1 Å². The molecule has 1 aliphatic rings. The molecule has 0 bridgehead atoms. The van der Waals surface area contributed by atoms with E-state index in [1.807, 2.05) is 29.2 Å². The fraction of sp³-hybridized carbons (Fsp3) is 0.375. The van der Waals surface area contributed by atoms with Crippen LogP contribution in [0.25, 0.3) is 11.0 Å². The number of aromatic nitrogens is 2. The van der Waals surface area contributed by atoms with Gasteiger partial charge in [0.15, 0.2) is 5.16 Å². The summed E-state index contributed by atoms with van der Waals surface area (Å²) in [6.45, 7) is 6.33. The first-order valence-electron chi connectivity index (χ1n) is 7.26. The Hall–Kier alpha value is -1.75. The minimum Gasteiger partial charge on any atom is -0.342 e. The number of allylic oxidation sites excluding steroid dienone is 1. The lowest BCUT2D eigenvalue weighted by molar-refractivity contribution is -0.127. The minimum absolute atomic E-state index is 0.217. The van der Waals surface area contributed by atoms with Crippen molar-refractivity contribution < 1.29 is 4.79 Å². The van der Waals surface area contributed by atoms with Crippen LogP contribution in [-0.2, 0) is 11.3 Å². The minimum atomic E-state index is 0.217. The van der Waals surface area contributed by atoms with Gasteiger partial charge >= 0.3 is 0 Å². The molecule has 21 heavy (non-hydrogen) atoms. The molecule has 0 unspecified atom stereocenters. The third kappa shape index (κ3) is 2.97. The molecule has 4 nitrogen and oxygen atoms in total. The van der Waals surface area contributed by atoms with Crippen LogP contribution < -0.4 is 0 Å². The number of likely N-dealkylation sites (tertiary alicyclic amines) is 1. The molecular weight excluding hydrogens is 282 g/mol. The van der Waals surface area contributed by atoms with Crippen molar-refractivity contribution in [2.45, 2.75) is 24.5 Å². The largest absolute Gasteiger partial charge is 0.342 e. The highest BCUT2D eigenvalue weighted by Gasteiger charge is 2.19. The van der Waals surface area contributed by atoms with E-state index in [2.05, 4.69) is 22.2 Å². The molecule has 1 aromatic carbocycles. The first kappa shape index (κ1) is 14.2. The number of rotatable bonds is 5. The van der Waals surface area contributed by atoms with Crippen molar-refractivity contribution in [3.8, 4) is 0 Å². The molecule has 0 atom stereocenters. The van der Waals surface area contributed by atoms with Crippen LogP contribution in [0.4, 0.5) is 0 Å². The van der Waals surface area contributed by atoms with Crippen molar-refractivity contribution in [1.82, 2.24) is 14.5 Å². The highest BCUT2D eigenvalue weighted by atomic mass is 32.2. The van der Waals surface area contributed by atoms with E-state index < -0.39 is 0 Å². The fourth-order valence-electron chi connectivity index (χ4n) is 2.65. The molecular formula is C16H19N3OS. The lowest BCUT2D eigenvalue weighted by atomic mass is 10.3. The number of hydrogen-bond donors (Lipinski definition) is 0. The van der Waals surface area contributed by atoms with Crippen molar-refractivity contribution in [2.75, 3.05) is 18.8 Å². The van der Waals surface area contributed by atoms with Crippen molar-refractivity contribution in [3.63, 3.8) is 0 Å².